The summed E-state index contributed by atoms with van der Waals surface area (Å²) in [6, 6.07) is 6.08. The molecule has 2 aliphatic rings. The van der Waals surface area contributed by atoms with E-state index in [2.05, 4.69) is 5.32 Å². The molecule has 1 aromatic rings. The van der Waals surface area contributed by atoms with Gasteiger partial charge in [-0.1, -0.05) is 12.1 Å². The van der Waals surface area contributed by atoms with E-state index in [0.29, 0.717) is 11.8 Å². The molecule has 16 heavy (non-hydrogen) atoms. The SMILES string of the molecule is Oc1cccc2c1OC(C1CCCN1)CC2. The van der Waals surface area contributed by atoms with Crippen LogP contribution >= 0.6 is 0 Å². The topological polar surface area (TPSA) is 41.5 Å². The van der Waals surface area contributed by atoms with Crippen LogP contribution in [-0.2, 0) is 6.42 Å². The maximum atomic E-state index is 9.77. The minimum atomic E-state index is 0.225. The molecule has 1 fully saturated rings. The molecule has 0 spiro atoms. The fourth-order valence-electron chi connectivity index (χ4n) is 2.72. The molecule has 86 valence electrons. The summed E-state index contributed by atoms with van der Waals surface area (Å²) in [6.45, 7) is 1.10. The van der Waals surface area contributed by atoms with Crippen LogP contribution in [0.1, 0.15) is 24.8 Å². The fourth-order valence-corrected chi connectivity index (χ4v) is 2.72. The summed E-state index contributed by atoms with van der Waals surface area (Å²) in [6.07, 6.45) is 4.70. The molecule has 1 saturated heterocycles. The molecule has 3 heteroatoms. The summed E-state index contributed by atoms with van der Waals surface area (Å²) in [5, 5.41) is 13.2. The van der Waals surface area contributed by atoms with Gasteiger partial charge in [0, 0.05) is 6.04 Å². The molecular formula is C13H17NO2. The highest BCUT2D eigenvalue weighted by atomic mass is 16.5. The van der Waals surface area contributed by atoms with Crippen LogP contribution in [0.15, 0.2) is 18.2 Å². The van der Waals surface area contributed by atoms with E-state index >= 15 is 0 Å². The van der Waals surface area contributed by atoms with Crippen molar-refractivity contribution in [1.82, 2.24) is 5.32 Å². The summed E-state index contributed by atoms with van der Waals surface area (Å²) in [4.78, 5) is 0. The van der Waals surface area contributed by atoms with Gasteiger partial charge in [-0.3, -0.25) is 0 Å². The molecule has 2 aliphatic heterocycles. The zero-order valence-electron chi connectivity index (χ0n) is 9.28. The summed E-state index contributed by atoms with van der Waals surface area (Å²) >= 11 is 0. The van der Waals surface area contributed by atoms with E-state index in [4.69, 9.17) is 4.74 Å². The third-order valence-electron chi connectivity index (χ3n) is 3.59. The molecule has 2 N–H and O–H groups in total. The molecule has 0 saturated carbocycles. The lowest BCUT2D eigenvalue weighted by Crippen LogP contribution is -2.40. The predicted octanol–water partition coefficient (Wildman–Crippen LogP) is 1.84. The van der Waals surface area contributed by atoms with Crippen molar-refractivity contribution < 1.29 is 9.84 Å². The van der Waals surface area contributed by atoms with Gasteiger partial charge in [0.25, 0.3) is 0 Å². The smallest absolute Gasteiger partial charge is 0.164 e. The number of hydrogen-bond donors (Lipinski definition) is 2. The average Bonchev–Trinajstić information content (AvgIpc) is 2.83. The molecule has 0 aromatic heterocycles. The van der Waals surface area contributed by atoms with E-state index in [0.717, 1.165) is 24.9 Å². The van der Waals surface area contributed by atoms with Crippen LogP contribution in [-0.4, -0.2) is 23.8 Å². The van der Waals surface area contributed by atoms with Gasteiger partial charge in [-0.25, -0.2) is 0 Å². The van der Waals surface area contributed by atoms with Gasteiger partial charge >= 0.3 is 0 Å². The molecule has 2 heterocycles. The van der Waals surface area contributed by atoms with Gasteiger partial charge in [-0.15, -0.1) is 0 Å². The number of aromatic hydroxyl groups is 1. The third kappa shape index (κ3) is 1.65. The first kappa shape index (κ1) is 9.97. The van der Waals surface area contributed by atoms with Crippen LogP contribution in [0.4, 0.5) is 0 Å². The van der Waals surface area contributed by atoms with Crippen LogP contribution in [0.2, 0.25) is 0 Å². The maximum absolute atomic E-state index is 9.77. The van der Waals surface area contributed by atoms with Crippen molar-refractivity contribution in [2.75, 3.05) is 6.54 Å². The molecule has 2 atom stereocenters. The maximum Gasteiger partial charge on any atom is 0.164 e. The number of rotatable bonds is 1. The third-order valence-corrected chi connectivity index (χ3v) is 3.59. The number of phenolic OH excluding ortho intramolecular Hbond substituents is 1. The number of ether oxygens (including phenoxy) is 1. The summed E-state index contributed by atoms with van der Waals surface area (Å²) in [5.41, 5.74) is 1.13. The molecule has 3 nitrogen and oxygen atoms in total. The quantitative estimate of drug-likeness (QED) is 0.757. The van der Waals surface area contributed by atoms with E-state index in [1.165, 1.54) is 12.8 Å². The molecule has 0 aliphatic carbocycles. The molecule has 0 amide bonds. The number of benzene rings is 1. The zero-order chi connectivity index (χ0) is 11.0. The van der Waals surface area contributed by atoms with E-state index in [1.54, 1.807) is 6.07 Å². The lowest BCUT2D eigenvalue weighted by Gasteiger charge is -2.30. The first-order valence-corrected chi connectivity index (χ1v) is 6.05. The first-order valence-electron chi connectivity index (χ1n) is 6.05. The van der Waals surface area contributed by atoms with Crippen LogP contribution < -0.4 is 10.1 Å². The lowest BCUT2D eigenvalue weighted by atomic mass is 9.97. The second-order valence-corrected chi connectivity index (χ2v) is 4.66. The monoisotopic (exact) mass is 219 g/mol. The molecule has 2 unspecified atom stereocenters. The fraction of sp³-hybridized carbons (Fsp3) is 0.538. The Morgan fingerprint density at radius 2 is 2.25 bits per heavy atom. The minimum Gasteiger partial charge on any atom is -0.504 e. The van der Waals surface area contributed by atoms with Gasteiger partial charge in [-0.05, 0) is 43.9 Å². The Kier molecular flexibility index (Phi) is 2.48. The van der Waals surface area contributed by atoms with Gasteiger partial charge in [0.2, 0.25) is 0 Å². The summed E-state index contributed by atoms with van der Waals surface area (Å²) < 4.78 is 5.93. The van der Waals surface area contributed by atoms with E-state index in [1.807, 2.05) is 12.1 Å². The van der Waals surface area contributed by atoms with Crippen molar-refractivity contribution in [2.24, 2.45) is 0 Å². The molecule has 3 rings (SSSR count). The van der Waals surface area contributed by atoms with Crippen molar-refractivity contribution in [3.63, 3.8) is 0 Å². The zero-order valence-corrected chi connectivity index (χ0v) is 9.28. The number of fused-ring (bicyclic) bond motifs is 1. The van der Waals surface area contributed by atoms with Crippen LogP contribution in [0.25, 0.3) is 0 Å². The van der Waals surface area contributed by atoms with Crippen LogP contribution in [0.3, 0.4) is 0 Å². The number of hydrogen-bond acceptors (Lipinski definition) is 3. The Hall–Kier alpha value is -1.22. The number of nitrogens with one attached hydrogen (secondary N) is 1. The van der Waals surface area contributed by atoms with Gasteiger partial charge < -0.3 is 15.2 Å². The largest absolute Gasteiger partial charge is 0.504 e. The molecule has 1 aromatic carbocycles. The van der Waals surface area contributed by atoms with Crippen molar-refractivity contribution in [3.05, 3.63) is 23.8 Å². The van der Waals surface area contributed by atoms with Crippen LogP contribution in [0.5, 0.6) is 11.5 Å². The normalized spacial score (nSPS) is 28.5. The number of para-hydroxylation sites is 1. The minimum absolute atomic E-state index is 0.225. The number of aryl methyl sites for hydroxylation is 1. The second kappa shape index (κ2) is 3.98. The molecular weight excluding hydrogens is 202 g/mol. The van der Waals surface area contributed by atoms with Crippen molar-refractivity contribution in [3.8, 4) is 11.5 Å². The van der Waals surface area contributed by atoms with E-state index in [9.17, 15) is 5.11 Å². The lowest BCUT2D eigenvalue weighted by molar-refractivity contribution is 0.132. The summed E-state index contributed by atoms with van der Waals surface area (Å²) in [7, 11) is 0. The van der Waals surface area contributed by atoms with Gasteiger partial charge in [0.15, 0.2) is 11.5 Å². The Labute approximate surface area is 95.4 Å². The highest BCUT2D eigenvalue weighted by Crippen LogP contribution is 2.37. The van der Waals surface area contributed by atoms with Gasteiger partial charge in [0.1, 0.15) is 6.10 Å². The Bertz CT molecular complexity index is 386. The Balaban J connectivity index is 1.82. The number of phenols is 1. The second-order valence-electron chi connectivity index (χ2n) is 4.66. The van der Waals surface area contributed by atoms with Crippen molar-refractivity contribution in [1.29, 1.82) is 0 Å². The predicted molar refractivity (Wildman–Crippen MR) is 61.9 cm³/mol. The highest BCUT2D eigenvalue weighted by Gasteiger charge is 2.30. The van der Waals surface area contributed by atoms with Crippen molar-refractivity contribution in [2.45, 2.75) is 37.8 Å². The Morgan fingerprint density at radius 3 is 3.06 bits per heavy atom. The van der Waals surface area contributed by atoms with Gasteiger partial charge in [0.05, 0.1) is 0 Å². The van der Waals surface area contributed by atoms with Crippen LogP contribution in [0, 0.1) is 0 Å². The highest BCUT2D eigenvalue weighted by molar-refractivity contribution is 5.46. The van der Waals surface area contributed by atoms with Gasteiger partial charge in [-0.2, -0.15) is 0 Å². The van der Waals surface area contributed by atoms with E-state index in [-0.39, 0.29) is 11.9 Å². The summed E-state index contributed by atoms with van der Waals surface area (Å²) in [5.74, 6) is 0.979. The first-order chi connectivity index (χ1) is 7.84. The van der Waals surface area contributed by atoms with E-state index < -0.39 is 0 Å². The Morgan fingerprint density at radius 1 is 1.31 bits per heavy atom. The standard InChI is InChI=1S/C13H17NO2/c15-11-5-1-3-9-6-7-12(16-13(9)11)10-4-2-8-14-10/h1,3,5,10,12,14-15H,2,4,6-8H2. The van der Waals surface area contributed by atoms with Crippen molar-refractivity contribution >= 4 is 0 Å². The molecule has 0 bridgehead atoms. The molecule has 0 radical (unpaired) electrons. The average molecular weight is 219 g/mol.